The Bertz CT molecular complexity index is 2730. The molecule has 8 aromatic rings. The van der Waals surface area contributed by atoms with E-state index in [4.69, 9.17) is 0 Å². The number of rotatable bonds is 9. The largest absolute Gasteiger partial charge is 0.311 e. The third-order valence-corrected chi connectivity index (χ3v) is 12.1. The Morgan fingerprint density at radius 2 is 0.817 bits per heavy atom. The van der Waals surface area contributed by atoms with Crippen molar-refractivity contribution in [3.8, 4) is 11.1 Å². The van der Waals surface area contributed by atoms with Crippen LogP contribution in [0.15, 0.2) is 170 Å². The predicted octanol–water partition coefficient (Wildman–Crippen LogP) is 17.4. The Hall–Kier alpha value is -6.12. The molecule has 0 aliphatic heterocycles. The van der Waals surface area contributed by atoms with Crippen molar-refractivity contribution in [2.45, 2.75) is 91.9 Å². The van der Waals surface area contributed by atoms with Crippen LogP contribution in [-0.2, 0) is 10.8 Å². The molecule has 0 amide bonds. The summed E-state index contributed by atoms with van der Waals surface area (Å²) in [6.45, 7) is 22.9. The highest BCUT2D eigenvalue weighted by Crippen LogP contribution is 2.48. The van der Waals surface area contributed by atoms with Crippen molar-refractivity contribution in [3.05, 3.63) is 192 Å². The Balaban J connectivity index is 1.40. The molecular formula is C58H60N2. The van der Waals surface area contributed by atoms with Crippen LogP contribution in [-0.4, -0.2) is 0 Å². The van der Waals surface area contributed by atoms with Crippen molar-refractivity contribution >= 4 is 55.7 Å². The molecule has 0 unspecified atom stereocenters. The van der Waals surface area contributed by atoms with Gasteiger partial charge in [-0.25, -0.2) is 0 Å². The van der Waals surface area contributed by atoms with Gasteiger partial charge in [-0.3, -0.25) is 0 Å². The van der Waals surface area contributed by atoms with E-state index in [1.54, 1.807) is 0 Å². The van der Waals surface area contributed by atoms with Crippen molar-refractivity contribution in [3.63, 3.8) is 0 Å². The van der Waals surface area contributed by atoms with Crippen LogP contribution in [0.1, 0.15) is 103 Å². The fourth-order valence-electron chi connectivity index (χ4n) is 8.42. The molecule has 0 radical (unpaired) electrons. The van der Waals surface area contributed by atoms with E-state index in [9.17, 15) is 0 Å². The second-order valence-electron chi connectivity index (χ2n) is 19.2. The van der Waals surface area contributed by atoms with Crippen molar-refractivity contribution in [2.24, 2.45) is 0 Å². The highest BCUT2D eigenvalue weighted by atomic mass is 15.1. The van der Waals surface area contributed by atoms with Crippen molar-refractivity contribution in [1.29, 1.82) is 0 Å². The van der Waals surface area contributed by atoms with Crippen LogP contribution in [0.3, 0.4) is 0 Å². The van der Waals surface area contributed by atoms with Gasteiger partial charge in [0.1, 0.15) is 0 Å². The van der Waals surface area contributed by atoms with E-state index < -0.39 is 0 Å². The fraction of sp³-hybridized carbons (Fsp3) is 0.241. The molecule has 8 rings (SSSR count). The predicted molar refractivity (Wildman–Crippen MR) is 262 cm³/mol. The maximum atomic E-state index is 2.47. The summed E-state index contributed by atoms with van der Waals surface area (Å²) >= 11 is 0. The maximum absolute atomic E-state index is 2.47. The number of hydrogen-bond donors (Lipinski definition) is 0. The highest BCUT2D eigenvalue weighted by molar-refractivity contribution is 6.17. The SMILES string of the molecule is CC(C)c1ccc(N(c2ccccc2)c2ccc(-c3c4ccc(C(C)(C)C)cc4cc4c(N(c5ccccc5)c5ccc(C(C)C)cc5)cc(C(C)(C)C)cc34)cc2)cc1. The van der Waals surface area contributed by atoms with Crippen molar-refractivity contribution in [1.82, 2.24) is 0 Å². The number of anilines is 6. The summed E-state index contributed by atoms with van der Waals surface area (Å²) in [5.74, 6) is 0.930. The first-order valence-electron chi connectivity index (χ1n) is 21.7. The summed E-state index contributed by atoms with van der Waals surface area (Å²) in [6.07, 6.45) is 0. The van der Waals surface area contributed by atoms with Gasteiger partial charge in [-0.1, -0.05) is 160 Å². The first-order valence-corrected chi connectivity index (χ1v) is 21.7. The summed E-state index contributed by atoms with van der Waals surface area (Å²) < 4.78 is 0. The van der Waals surface area contributed by atoms with Gasteiger partial charge in [0, 0.05) is 33.8 Å². The second kappa shape index (κ2) is 16.1. The van der Waals surface area contributed by atoms with Gasteiger partial charge in [-0.05, 0) is 151 Å². The molecule has 2 nitrogen and oxygen atoms in total. The minimum absolute atomic E-state index is 0.00633. The highest BCUT2D eigenvalue weighted by Gasteiger charge is 2.25. The maximum Gasteiger partial charge on any atom is 0.0543 e. The van der Waals surface area contributed by atoms with E-state index in [1.807, 2.05) is 0 Å². The molecule has 0 atom stereocenters. The van der Waals surface area contributed by atoms with Crippen LogP contribution >= 0.6 is 0 Å². The van der Waals surface area contributed by atoms with Gasteiger partial charge in [0.15, 0.2) is 0 Å². The quantitative estimate of drug-likeness (QED) is 0.135. The van der Waals surface area contributed by atoms with E-state index >= 15 is 0 Å². The van der Waals surface area contributed by atoms with Gasteiger partial charge >= 0.3 is 0 Å². The number of nitrogens with zero attached hydrogens (tertiary/aromatic N) is 2. The molecule has 0 aliphatic rings. The summed E-state index contributed by atoms with van der Waals surface area (Å²) in [5, 5.41) is 4.99. The lowest BCUT2D eigenvalue weighted by molar-refractivity contribution is 0.591. The van der Waals surface area contributed by atoms with Crippen LogP contribution in [0.4, 0.5) is 34.1 Å². The molecule has 0 bridgehead atoms. The summed E-state index contributed by atoms with van der Waals surface area (Å²) in [7, 11) is 0. The molecular weight excluding hydrogens is 725 g/mol. The number of para-hydroxylation sites is 2. The van der Waals surface area contributed by atoms with Gasteiger partial charge in [0.25, 0.3) is 0 Å². The average molecular weight is 785 g/mol. The van der Waals surface area contributed by atoms with Crippen LogP contribution in [0, 0.1) is 0 Å². The van der Waals surface area contributed by atoms with E-state index in [1.165, 1.54) is 60.6 Å². The number of benzene rings is 8. The third kappa shape index (κ3) is 8.09. The summed E-state index contributed by atoms with van der Waals surface area (Å²) in [6, 6.07) is 63.6. The molecule has 0 spiro atoms. The minimum Gasteiger partial charge on any atom is -0.311 e. The molecule has 0 saturated heterocycles. The van der Waals surface area contributed by atoms with Crippen LogP contribution in [0.5, 0.6) is 0 Å². The number of fused-ring (bicyclic) bond motifs is 2. The minimum atomic E-state index is -0.0969. The van der Waals surface area contributed by atoms with Gasteiger partial charge in [0.2, 0.25) is 0 Å². The average Bonchev–Trinajstić information content (AvgIpc) is 3.23. The lowest BCUT2D eigenvalue weighted by Crippen LogP contribution is -2.15. The molecule has 0 aromatic heterocycles. The van der Waals surface area contributed by atoms with Gasteiger partial charge < -0.3 is 9.80 Å². The zero-order valence-electron chi connectivity index (χ0n) is 37.2. The molecule has 8 aromatic carbocycles. The van der Waals surface area contributed by atoms with E-state index in [0.717, 1.165) is 28.4 Å². The molecule has 0 fully saturated rings. The Morgan fingerprint density at radius 3 is 1.30 bits per heavy atom. The standard InChI is InChI=1S/C58H60N2/c1-39(2)41-21-28-49(29-22-41)59(47-17-13-11-14-18-47)50-32-25-43(26-33-50)56-52-34-27-45(57(5,6)7)35-44(52)36-53-54(56)37-46(58(8,9)10)38-55(53)60(48-19-15-12-16-20-48)51-30-23-42(24-31-51)40(3)4/h11-40H,1-10H3. The smallest absolute Gasteiger partial charge is 0.0543 e. The second-order valence-corrected chi connectivity index (χ2v) is 19.2. The molecule has 0 saturated carbocycles. The molecule has 0 aliphatic carbocycles. The molecule has 0 heterocycles. The Morgan fingerprint density at radius 1 is 0.367 bits per heavy atom. The zero-order valence-corrected chi connectivity index (χ0v) is 37.2. The van der Waals surface area contributed by atoms with Crippen molar-refractivity contribution in [2.75, 3.05) is 9.80 Å². The third-order valence-electron chi connectivity index (χ3n) is 12.1. The lowest BCUT2D eigenvalue weighted by Gasteiger charge is -2.31. The van der Waals surface area contributed by atoms with Gasteiger partial charge in [-0.2, -0.15) is 0 Å². The topological polar surface area (TPSA) is 6.48 Å². The van der Waals surface area contributed by atoms with Crippen LogP contribution in [0.25, 0.3) is 32.7 Å². The monoisotopic (exact) mass is 784 g/mol. The molecule has 302 valence electrons. The van der Waals surface area contributed by atoms with Crippen molar-refractivity contribution < 1.29 is 0 Å². The van der Waals surface area contributed by atoms with Gasteiger partial charge in [0.05, 0.1) is 5.69 Å². The Kier molecular flexibility index (Phi) is 10.9. The summed E-state index contributed by atoms with van der Waals surface area (Å²) in [4.78, 5) is 4.83. The lowest BCUT2D eigenvalue weighted by atomic mass is 9.81. The first-order chi connectivity index (χ1) is 28.7. The molecule has 60 heavy (non-hydrogen) atoms. The molecule has 2 heteroatoms. The van der Waals surface area contributed by atoms with E-state index in [2.05, 4.69) is 249 Å². The molecule has 0 N–H and O–H groups in total. The number of hydrogen-bond acceptors (Lipinski definition) is 2. The first kappa shape index (κ1) is 40.7. The summed E-state index contributed by atoms with van der Waals surface area (Å²) in [5.41, 5.74) is 14.5. The van der Waals surface area contributed by atoms with E-state index in [0.29, 0.717) is 11.8 Å². The Labute approximate surface area is 359 Å². The van der Waals surface area contributed by atoms with E-state index in [-0.39, 0.29) is 10.8 Å². The van der Waals surface area contributed by atoms with Gasteiger partial charge in [-0.15, -0.1) is 0 Å². The normalized spacial score (nSPS) is 12.1. The van der Waals surface area contributed by atoms with Crippen LogP contribution < -0.4 is 9.80 Å². The van der Waals surface area contributed by atoms with Crippen LogP contribution in [0.2, 0.25) is 0 Å². The zero-order chi connectivity index (χ0) is 42.3. The fourth-order valence-corrected chi connectivity index (χ4v) is 8.42.